The van der Waals surface area contributed by atoms with Crippen LogP contribution in [0.5, 0.6) is 0 Å². The van der Waals surface area contributed by atoms with Crippen LogP contribution in [-0.4, -0.2) is 0 Å². The van der Waals surface area contributed by atoms with Crippen LogP contribution >= 0.6 is 0 Å². The quantitative estimate of drug-likeness (QED) is 0.509. The molecule has 118 valence electrons. The Bertz CT molecular complexity index is 559. The topological polar surface area (TPSA) is 0 Å². The minimum atomic E-state index is 0.675. The van der Waals surface area contributed by atoms with Gasteiger partial charge in [0.05, 0.1) is 0 Å². The van der Waals surface area contributed by atoms with Gasteiger partial charge in [-0.25, -0.2) is 0 Å². The molecule has 0 aliphatic heterocycles. The van der Waals surface area contributed by atoms with Gasteiger partial charge in [-0.05, 0) is 73.8 Å². The molecule has 0 heteroatoms. The first-order valence-electron chi connectivity index (χ1n) is 8.99. The molecule has 0 radical (unpaired) electrons. The molecule has 0 aromatic heterocycles. The van der Waals surface area contributed by atoms with Crippen LogP contribution in [0.1, 0.15) is 64.9 Å². The molecule has 0 spiro atoms. The molecule has 0 amide bonds. The minimum absolute atomic E-state index is 0.675. The van der Waals surface area contributed by atoms with Gasteiger partial charge in [0.1, 0.15) is 0 Å². The maximum atomic E-state index is 2.43. The number of rotatable bonds is 1. The first-order chi connectivity index (χ1) is 10.6. The highest BCUT2D eigenvalue weighted by Gasteiger charge is 2.57. The molecule has 0 bridgehead atoms. The maximum Gasteiger partial charge on any atom is -0.0228 e. The number of allylic oxidation sites excluding steroid dienone is 4. The van der Waals surface area contributed by atoms with Crippen molar-refractivity contribution >= 4 is 5.57 Å². The summed E-state index contributed by atoms with van der Waals surface area (Å²) >= 11 is 0. The molecule has 0 heterocycles. The van der Waals surface area contributed by atoms with Crippen LogP contribution in [0.15, 0.2) is 48.1 Å². The van der Waals surface area contributed by atoms with Crippen LogP contribution in [0, 0.1) is 17.3 Å². The lowest BCUT2D eigenvalue weighted by Gasteiger charge is -2.12. The summed E-state index contributed by atoms with van der Waals surface area (Å²) in [6, 6.07) is 10.7. The summed E-state index contributed by atoms with van der Waals surface area (Å²) in [4.78, 5) is 0. The fraction of sp³-hybridized carbons (Fsp3) is 0.545. The molecular weight excluding hydrogens is 264 g/mol. The van der Waals surface area contributed by atoms with Crippen molar-refractivity contribution in [1.82, 2.24) is 0 Å². The number of fused-ring (bicyclic) bond motifs is 1. The van der Waals surface area contributed by atoms with Gasteiger partial charge < -0.3 is 0 Å². The van der Waals surface area contributed by atoms with E-state index in [-0.39, 0.29) is 0 Å². The molecule has 22 heavy (non-hydrogen) atoms. The van der Waals surface area contributed by atoms with Gasteiger partial charge in [-0.2, -0.15) is 0 Å². The number of hydrogen-bond donors (Lipinski definition) is 0. The van der Waals surface area contributed by atoms with E-state index in [1.165, 1.54) is 44.1 Å². The monoisotopic (exact) mass is 294 g/mol. The smallest absolute Gasteiger partial charge is 0.0228 e. The van der Waals surface area contributed by atoms with Crippen LogP contribution in [-0.2, 0) is 0 Å². The first kappa shape index (κ1) is 15.6. The predicted octanol–water partition coefficient (Wildman–Crippen LogP) is 6.64. The van der Waals surface area contributed by atoms with Crippen LogP contribution in [0.3, 0.4) is 0 Å². The summed E-state index contributed by atoms with van der Waals surface area (Å²) < 4.78 is 0. The highest BCUT2D eigenvalue weighted by Crippen LogP contribution is 2.64. The van der Waals surface area contributed by atoms with Gasteiger partial charge in [-0.3, -0.25) is 0 Å². The molecule has 0 N–H and O–H groups in total. The van der Waals surface area contributed by atoms with E-state index in [1.54, 1.807) is 11.1 Å². The summed E-state index contributed by atoms with van der Waals surface area (Å²) in [7, 11) is 0. The van der Waals surface area contributed by atoms with E-state index >= 15 is 0 Å². The zero-order valence-corrected chi connectivity index (χ0v) is 14.4. The molecule has 0 saturated heterocycles. The van der Waals surface area contributed by atoms with Crippen LogP contribution in [0.4, 0.5) is 0 Å². The lowest BCUT2D eigenvalue weighted by atomic mass is 9.94. The second-order valence-corrected chi connectivity index (χ2v) is 7.87. The van der Waals surface area contributed by atoms with Crippen molar-refractivity contribution in [3.05, 3.63) is 53.6 Å². The van der Waals surface area contributed by atoms with Gasteiger partial charge in [0, 0.05) is 0 Å². The molecule has 1 saturated carbocycles. The molecular formula is C22H30. The second-order valence-electron chi connectivity index (χ2n) is 7.87. The Hall–Kier alpha value is -1.30. The van der Waals surface area contributed by atoms with E-state index in [4.69, 9.17) is 0 Å². The van der Waals surface area contributed by atoms with E-state index in [0.717, 1.165) is 11.8 Å². The SMILES string of the molecule is C1=C(c2ccccc2)CCCC1.CC1=CCC2C(C1)C2(C)C. The Labute approximate surface area is 136 Å². The van der Waals surface area contributed by atoms with Crippen molar-refractivity contribution in [2.24, 2.45) is 17.3 Å². The predicted molar refractivity (Wildman–Crippen MR) is 96.6 cm³/mol. The van der Waals surface area contributed by atoms with Crippen molar-refractivity contribution in [3.8, 4) is 0 Å². The van der Waals surface area contributed by atoms with E-state index in [1.807, 2.05) is 0 Å². The van der Waals surface area contributed by atoms with Gasteiger partial charge in [0.2, 0.25) is 0 Å². The molecule has 2 atom stereocenters. The Morgan fingerprint density at radius 2 is 1.73 bits per heavy atom. The Balaban J connectivity index is 0.000000133. The number of hydrogen-bond acceptors (Lipinski definition) is 0. The van der Waals surface area contributed by atoms with Gasteiger partial charge in [-0.1, -0.05) is 61.9 Å². The zero-order valence-electron chi connectivity index (χ0n) is 14.4. The average molecular weight is 294 g/mol. The van der Waals surface area contributed by atoms with Crippen molar-refractivity contribution < 1.29 is 0 Å². The van der Waals surface area contributed by atoms with Crippen molar-refractivity contribution in [2.45, 2.75) is 59.3 Å². The van der Waals surface area contributed by atoms with Gasteiger partial charge >= 0.3 is 0 Å². The van der Waals surface area contributed by atoms with Crippen molar-refractivity contribution in [1.29, 1.82) is 0 Å². The largest absolute Gasteiger partial charge is 0.0853 e. The Morgan fingerprint density at radius 1 is 0.955 bits per heavy atom. The molecule has 0 nitrogen and oxygen atoms in total. The van der Waals surface area contributed by atoms with Crippen LogP contribution < -0.4 is 0 Å². The van der Waals surface area contributed by atoms with Crippen LogP contribution in [0.25, 0.3) is 5.57 Å². The van der Waals surface area contributed by atoms with E-state index < -0.39 is 0 Å². The highest BCUT2D eigenvalue weighted by molar-refractivity contribution is 5.65. The second kappa shape index (κ2) is 6.44. The van der Waals surface area contributed by atoms with Crippen molar-refractivity contribution in [3.63, 3.8) is 0 Å². The lowest BCUT2D eigenvalue weighted by Crippen LogP contribution is -1.90. The molecule has 3 aliphatic rings. The molecule has 1 aromatic rings. The third-order valence-corrected chi connectivity index (χ3v) is 5.99. The van der Waals surface area contributed by atoms with Crippen LogP contribution in [0.2, 0.25) is 0 Å². The molecule has 2 unspecified atom stereocenters. The highest BCUT2D eigenvalue weighted by atomic mass is 14.6. The third kappa shape index (κ3) is 3.37. The maximum absolute atomic E-state index is 2.43. The standard InChI is InChI=1S/C12H14.C10H16/c1-3-7-11(8-4-1)12-9-5-2-6-10-12;1-7-4-5-8-9(6-7)10(8,2)3/h1,3-4,7-9H,2,5-6,10H2;4,8-9H,5-6H2,1-3H3. The fourth-order valence-electron chi connectivity index (χ4n) is 4.24. The summed E-state index contributed by atoms with van der Waals surface area (Å²) in [5.41, 5.74) is 5.25. The van der Waals surface area contributed by atoms with E-state index in [9.17, 15) is 0 Å². The van der Waals surface area contributed by atoms with Gasteiger partial charge in [0.15, 0.2) is 0 Å². The molecule has 4 rings (SSSR count). The van der Waals surface area contributed by atoms with E-state index in [0.29, 0.717) is 5.41 Å². The molecule has 1 aromatic carbocycles. The minimum Gasteiger partial charge on any atom is -0.0853 e. The summed E-state index contributed by atoms with van der Waals surface area (Å²) in [6.07, 6.45) is 12.8. The van der Waals surface area contributed by atoms with E-state index in [2.05, 4.69) is 63.3 Å². The van der Waals surface area contributed by atoms with Gasteiger partial charge in [0.25, 0.3) is 0 Å². The summed E-state index contributed by atoms with van der Waals surface area (Å²) in [5.74, 6) is 2.05. The number of benzene rings is 1. The van der Waals surface area contributed by atoms with Crippen molar-refractivity contribution in [2.75, 3.05) is 0 Å². The Morgan fingerprint density at radius 3 is 2.32 bits per heavy atom. The molecule has 1 fully saturated rings. The summed E-state index contributed by atoms with van der Waals surface area (Å²) in [6.45, 7) is 7.09. The lowest BCUT2D eigenvalue weighted by molar-refractivity contribution is 0.542. The summed E-state index contributed by atoms with van der Waals surface area (Å²) in [5, 5.41) is 0. The normalized spacial score (nSPS) is 28.5. The van der Waals surface area contributed by atoms with Gasteiger partial charge in [-0.15, -0.1) is 0 Å². The fourth-order valence-corrected chi connectivity index (χ4v) is 4.24. The average Bonchev–Trinajstić information content (AvgIpc) is 3.10. The first-order valence-corrected chi connectivity index (χ1v) is 8.99. The zero-order chi connectivity index (χ0) is 15.6. The third-order valence-electron chi connectivity index (χ3n) is 5.99. The molecule has 3 aliphatic carbocycles. The Kier molecular flexibility index (Phi) is 4.57.